The zero-order valence-corrected chi connectivity index (χ0v) is 3.68. The van der Waals surface area contributed by atoms with E-state index in [0.717, 1.165) is 0 Å². The van der Waals surface area contributed by atoms with Crippen LogP contribution < -0.4 is 5.73 Å². The second-order valence-electron chi connectivity index (χ2n) is 0.445. The summed E-state index contributed by atoms with van der Waals surface area (Å²) in [6, 6.07) is 0. The second kappa shape index (κ2) is 28.7. The van der Waals surface area contributed by atoms with Gasteiger partial charge < -0.3 is 10.8 Å². The molecule has 0 saturated carbocycles. The van der Waals surface area contributed by atoms with Gasteiger partial charge in [0.2, 0.25) is 0 Å². The fraction of sp³-hybridized carbons (Fsp3) is 0.667. The molecule has 0 aromatic carbocycles. The molecule has 0 aliphatic carbocycles. The van der Waals surface area contributed by atoms with E-state index in [1.54, 1.807) is 6.92 Å². The maximum absolute atomic E-state index is 7.57. The van der Waals surface area contributed by atoms with E-state index >= 15 is 0 Å². The predicted molar refractivity (Wildman–Crippen MR) is 22.6 cm³/mol. The van der Waals surface area contributed by atoms with Crippen LogP contribution in [0.3, 0.4) is 0 Å². The molecule has 0 radical (unpaired) electrons. The van der Waals surface area contributed by atoms with Crippen molar-refractivity contribution in [1.82, 2.24) is 0 Å². The van der Waals surface area contributed by atoms with Gasteiger partial charge in [-0.3, -0.25) is 0 Å². The zero-order chi connectivity index (χ0) is 5.41. The third-order valence-corrected chi connectivity index (χ3v) is 0. The van der Waals surface area contributed by atoms with E-state index in [2.05, 4.69) is 5.73 Å². The molecule has 0 amide bonds. The minimum atomic E-state index is 0.250. The van der Waals surface area contributed by atoms with Gasteiger partial charge in [0, 0.05) is 6.61 Å². The molecule has 3 nitrogen and oxygen atoms in total. The van der Waals surface area contributed by atoms with Crippen molar-refractivity contribution in [3.63, 3.8) is 0 Å². The van der Waals surface area contributed by atoms with Crippen molar-refractivity contribution in [3.05, 3.63) is 0 Å². The first-order valence-corrected chi connectivity index (χ1v) is 1.54. The van der Waals surface area contributed by atoms with Crippen LogP contribution in [-0.2, 0) is 0 Å². The van der Waals surface area contributed by atoms with Crippen LogP contribution in [0, 0.1) is 11.5 Å². The number of rotatable bonds is 0. The summed E-state index contributed by atoms with van der Waals surface area (Å²) in [5.74, 6) is 0. The first-order chi connectivity index (χ1) is 2.83. The summed E-state index contributed by atoms with van der Waals surface area (Å²) in [5.41, 5.74) is 4.15. The van der Waals surface area contributed by atoms with E-state index < -0.39 is 0 Å². The van der Waals surface area contributed by atoms with Gasteiger partial charge in [0.1, 0.15) is 0 Å². The Morgan fingerprint density at radius 3 is 2.00 bits per heavy atom. The highest BCUT2D eigenvalue weighted by atomic mass is 16.2. The van der Waals surface area contributed by atoms with Crippen LogP contribution >= 0.6 is 0 Å². The Morgan fingerprint density at radius 1 is 2.00 bits per heavy atom. The van der Waals surface area contributed by atoms with Gasteiger partial charge in [0.15, 0.2) is 6.19 Å². The fourth-order valence-corrected chi connectivity index (χ4v) is 0. The van der Waals surface area contributed by atoms with E-state index in [1.165, 1.54) is 6.19 Å². The standard InChI is InChI=1S/C2H6O.CH2N2/c1-2-3;2-1-3/h3H,2H2,1H3;2H2. The Hall–Kier alpha value is -0.750. The summed E-state index contributed by atoms with van der Waals surface area (Å²) < 4.78 is 0. The summed E-state index contributed by atoms with van der Waals surface area (Å²) in [4.78, 5) is 0. The lowest BCUT2D eigenvalue weighted by molar-refractivity contribution is 0.318. The largest absolute Gasteiger partial charge is 0.397 e. The van der Waals surface area contributed by atoms with Crippen molar-refractivity contribution in [3.8, 4) is 6.19 Å². The lowest BCUT2D eigenvalue weighted by Gasteiger charge is -1.52. The Morgan fingerprint density at radius 2 is 2.00 bits per heavy atom. The van der Waals surface area contributed by atoms with E-state index in [9.17, 15) is 0 Å². The first kappa shape index (κ1) is 8.98. The highest BCUT2D eigenvalue weighted by molar-refractivity contribution is 4.46. The SMILES string of the molecule is CCO.N#CN. The first-order valence-electron chi connectivity index (χ1n) is 1.54. The predicted octanol–water partition coefficient (Wildman–Crippen LogP) is -0.575. The van der Waals surface area contributed by atoms with Crippen LogP contribution in [0.4, 0.5) is 0 Å². The average Bonchev–Trinajstić information content (AvgIpc) is 1.39. The lowest BCUT2D eigenvalue weighted by atomic mass is 10.9. The molecule has 0 rings (SSSR count). The monoisotopic (exact) mass is 88.1 g/mol. The van der Waals surface area contributed by atoms with Gasteiger partial charge in [-0.15, -0.1) is 0 Å². The molecule has 0 heterocycles. The Balaban J connectivity index is 0. The van der Waals surface area contributed by atoms with Gasteiger partial charge >= 0.3 is 0 Å². The number of aliphatic hydroxyl groups is 1. The van der Waals surface area contributed by atoms with Gasteiger partial charge in [-0.1, -0.05) is 0 Å². The van der Waals surface area contributed by atoms with Gasteiger partial charge in [-0.2, -0.15) is 5.26 Å². The van der Waals surface area contributed by atoms with Gasteiger partial charge in [-0.05, 0) is 6.92 Å². The molecule has 0 unspecified atom stereocenters. The van der Waals surface area contributed by atoms with Crippen molar-refractivity contribution >= 4 is 0 Å². The maximum Gasteiger partial charge on any atom is 0.173 e. The third-order valence-electron chi connectivity index (χ3n) is 0. The van der Waals surface area contributed by atoms with Gasteiger partial charge in [0.05, 0.1) is 0 Å². The maximum atomic E-state index is 7.57. The molecule has 36 valence electrons. The number of nitrogens with zero attached hydrogens (tertiary/aromatic N) is 1. The van der Waals surface area contributed by atoms with Crippen molar-refractivity contribution in [2.24, 2.45) is 5.73 Å². The molecule has 0 aliphatic rings. The average molecular weight is 88.1 g/mol. The molecular weight excluding hydrogens is 80.0 g/mol. The normalized spacial score (nSPS) is 4.17. The molecule has 0 atom stereocenters. The van der Waals surface area contributed by atoms with Crippen LogP contribution in [0.1, 0.15) is 6.92 Å². The summed E-state index contributed by atoms with van der Waals surface area (Å²) >= 11 is 0. The van der Waals surface area contributed by atoms with Crippen molar-refractivity contribution < 1.29 is 5.11 Å². The van der Waals surface area contributed by atoms with Crippen LogP contribution in [0.5, 0.6) is 0 Å². The van der Waals surface area contributed by atoms with Gasteiger partial charge in [0.25, 0.3) is 0 Å². The number of hydrogen-bond acceptors (Lipinski definition) is 3. The van der Waals surface area contributed by atoms with Crippen molar-refractivity contribution in [2.75, 3.05) is 6.61 Å². The molecule has 0 bridgehead atoms. The zero-order valence-electron chi connectivity index (χ0n) is 3.68. The molecule has 3 N–H and O–H groups in total. The molecule has 0 aromatic heterocycles. The Kier molecular flexibility index (Phi) is 43.0. The van der Waals surface area contributed by atoms with Crippen LogP contribution in [0.15, 0.2) is 0 Å². The van der Waals surface area contributed by atoms with Crippen LogP contribution in [0.2, 0.25) is 0 Å². The molecule has 3 heteroatoms. The van der Waals surface area contributed by atoms with Crippen molar-refractivity contribution in [1.29, 1.82) is 5.26 Å². The Labute approximate surface area is 37.0 Å². The molecule has 0 fully saturated rings. The molecule has 0 saturated heterocycles. The summed E-state index contributed by atoms with van der Waals surface area (Å²) in [7, 11) is 0. The van der Waals surface area contributed by atoms with E-state index in [4.69, 9.17) is 10.4 Å². The molecular formula is C3H8N2O. The second-order valence-corrected chi connectivity index (χ2v) is 0.445. The summed E-state index contributed by atoms with van der Waals surface area (Å²) in [6.07, 6.45) is 1.25. The van der Waals surface area contributed by atoms with E-state index in [1.807, 2.05) is 0 Å². The fourth-order valence-electron chi connectivity index (χ4n) is 0. The lowest BCUT2D eigenvalue weighted by Crippen LogP contribution is -1.69. The number of hydrogen-bond donors (Lipinski definition) is 2. The van der Waals surface area contributed by atoms with Gasteiger partial charge in [-0.25, -0.2) is 0 Å². The van der Waals surface area contributed by atoms with E-state index in [-0.39, 0.29) is 6.61 Å². The van der Waals surface area contributed by atoms with Crippen LogP contribution in [0.25, 0.3) is 0 Å². The van der Waals surface area contributed by atoms with Crippen molar-refractivity contribution in [2.45, 2.75) is 6.92 Å². The minimum Gasteiger partial charge on any atom is -0.397 e. The smallest absolute Gasteiger partial charge is 0.173 e. The number of aliphatic hydroxyl groups excluding tert-OH is 1. The molecule has 0 spiro atoms. The molecule has 0 aromatic rings. The van der Waals surface area contributed by atoms with Crippen LogP contribution in [-0.4, -0.2) is 11.7 Å². The molecule has 6 heavy (non-hydrogen) atoms. The third kappa shape index (κ3) is 29.2. The number of nitrogens with two attached hydrogens (primary N) is 1. The summed E-state index contributed by atoms with van der Waals surface area (Å²) in [5, 5.41) is 14.7. The Bertz CT molecular complexity index is 38.5. The highest BCUT2D eigenvalue weighted by Gasteiger charge is 1.34. The molecule has 0 aliphatic heterocycles. The number of nitriles is 1. The topological polar surface area (TPSA) is 70.0 Å². The minimum absolute atomic E-state index is 0.250. The van der Waals surface area contributed by atoms with E-state index in [0.29, 0.717) is 0 Å². The quantitative estimate of drug-likeness (QED) is 0.307. The highest BCUT2D eigenvalue weighted by Crippen LogP contribution is 1.30. The summed E-state index contributed by atoms with van der Waals surface area (Å²) in [6.45, 7) is 1.93.